The van der Waals surface area contributed by atoms with Crippen molar-refractivity contribution in [2.45, 2.75) is 31.8 Å². The van der Waals surface area contributed by atoms with E-state index in [9.17, 15) is 9.59 Å². The summed E-state index contributed by atoms with van der Waals surface area (Å²) in [4.78, 5) is 27.4. The van der Waals surface area contributed by atoms with Crippen molar-refractivity contribution >= 4 is 11.9 Å². The van der Waals surface area contributed by atoms with E-state index in [4.69, 9.17) is 4.84 Å². The number of urea groups is 1. The molecule has 1 saturated carbocycles. The van der Waals surface area contributed by atoms with Gasteiger partial charge in [-0.25, -0.2) is 4.79 Å². The zero-order valence-corrected chi connectivity index (χ0v) is 7.28. The van der Waals surface area contributed by atoms with E-state index in [0.717, 1.165) is 30.7 Å². The minimum Gasteiger partial charge on any atom is -0.327 e. The average Bonchev–Trinajstić information content (AvgIpc) is 2.70. The molecule has 1 N–H and O–H groups in total. The predicted octanol–water partition coefficient (Wildman–Crippen LogP) is 0.412. The van der Waals surface area contributed by atoms with Gasteiger partial charge in [0.15, 0.2) is 0 Å². The molecule has 5 heteroatoms. The molecule has 1 aliphatic heterocycles. The van der Waals surface area contributed by atoms with E-state index < -0.39 is 6.03 Å². The van der Waals surface area contributed by atoms with E-state index in [-0.39, 0.29) is 18.6 Å². The number of carbonyl (C=O) groups is 2. The van der Waals surface area contributed by atoms with Crippen LogP contribution in [0.4, 0.5) is 4.79 Å². The van der Waals surface area contributed by atoms with Crippen LogP contribution in [0.15, 0.2) is 0 Å². The SMILES string of the molecule is O=C1CNC(=O)N1OC1CCCC1. The number of carbonyl (C=O) groups excluding carboxylic acids is 2. The summed E-state index contributed by atoms with van der Waals surface area (Å²) in [7, 11) is 0. The first-order chi connectivity index (χ1) is 6.27. The minimum atomic E-state index is -0.433. The molecule has 2 aliphatic rings. The summed E-state index contributed by atoms with van der Waals surface area (Å²) in [6.45, 7) is 0.0611. The van der Waals surface area contributed by atoms with Gasteiger partial charge in [-0.15, -0.1) is 5.06 Å². The quantitative estimate of drug-likeness (QED) is 0.632. The Morgan fingerprint density at radius 1 is 1.31 bits per heavy atom. The van der Waals surface area contributed by atoms with Crippen LogP contribution in [0.5, 0.6) is 0 Å². The molecule has 0 radical (unpaired) electrons. The second-order valence-corrected chi connectivity index (χ2v) is 3.36. The van der Waals surface area contributed by atoms with Crippen molar-refractivity contribution < 1.29 is 14.4 Å². The van der Waals surface area contributed by atoms with E-state index in [1.165, 1.54) is 0 Å². The molecular formula is C8H12N2O3. The van der Waals surface area contributed by atoms with Crippen LogP contribution in [0.2, 0.25) is 0 Å². The van der Waals surface area contributed by atoms with Crippen molar-refractivity contribution in [1.29, 1.82) is 0 Å². The van der Waals surface area contributed by atoms with Crippen LogP contribution >= 0.6 is 0 Å². The molecule has 0 unspecified atom stereocenters. The summed E-state index contributed by atoms with van der Waals surface area (Å²) in [6, 6.07) is -0.433. The highest BCUT2D eigenvalue weighted by Gasteiger charge is 2.32. The number of nitrogens with zero attached hydrogens (tertiary/aromatic N) is 1. The van der Waals surface area contributed by atoms with Crippen molar-refractivity contribution in [3.8, 4) is 0 Å². The van der Waals surface area contributed by atoms with Gasteiger partial charge in [0.1, 0.15) is 6.54 Å². The summed E-state index contributed by atoms with van der Waals surface area (Å²) in [5.41, 5.74) is 0. The van der Waals surface area contributed by atoms with Crippen molar-refractivity contribution in [3.05, 3.63) is 0 Å². The first kappa shape index (κ1) is 8.50. The lowest BCUT2D eigenvalue weighted by Gasteiger charge is -2.16. The minimum absolute atomic E-state index is 0.0489. The molecule has 3 amide bonds. The second-order valence-electron chi connectivity index (χ2n) is 3.36. The highest BCUT2D eigenvalue weighted by molar-refractivity contribution is 6.00. The molecule has 0 bridgehead atoms. The van der Waals surface area contributed by atoms with Gasteiger partial charge in [0.2, 0.25) is 0 Å². The Balaban J connectivity index is 1.92. The lowest BCUT2D eigenvalue weighted by Crippen LogP contribution is -2.34. The standard InChI is InChI=1S/C8H12N2O3/c11-7-5-9-8(12)10(7)13-6-3-1-2-4-6/h6H,1-5H2,(H,9,12). The molecule has 0 spiro atoms. The third-order valence-corrected chi connectivity index (χ3v) is 2.36. The van der Waals surface area contributed by atoms with Gasteiger partial charge in [0, 0.05) is 0 Å². The number of hydroxylamine groups is 2. The van der Waals surface area contributed by atoms with Crippen molar-refractivity contribution in [1.82, 2.24) is 10.4 Å². The number of rotatable bonds is 2. The summed E-state index contributed by atoms with van der Waals surface area (Å²) < 4.78 is 0. The predicted molar refractivity (Wildman–Crippen MR) is 43.6 cm³/mol. The first-order valence-corrected chi connectivity index (χ1v) is 4.55. The summed E-state index contributed by atoms with van der Waals surface area (Å²) in [5, 5.41) is 3.26. The lowest BCUT2D eigenvalue weighted by molar-refractivity contribution is -0.176. The molecule has 13 heavy (non-hydrogen) atoms. The molecule has 72 valence electrons. The number of imide groups is 1. The van der Waals surface area contributed by atoms with Gasteiger partial charge in [0.05, 0.1) is 6.10 Å². The van der Waals surface area contributed by atoms with E-state index in [0.29, 0.717) is 0 Å². The Morgan fingerprint density at radius 3 is 2.54 bits per heavy atom. The van der Waals surface area contributed by atoms with Crippen molar-refractivity contribution in [3.63, 3.8) is 0 Å². The highest BCUT2D eigenvalue weighted by atomic mass is 16.7. The van der Waals surface area contributed by atoms with Crippen LogP contribution in [0.25, 0.3) is 0 Å². The molecule has 5 nitrogen and oxygen atoms in total. The molecule has 1 heterocycles. The molecule has 2 fully saturated rings. The van der Waals surface area contributed by atoms with Gasteiger partial charge < -0.3 is 5.32 Å². The van der Waals surface area contributed by atoms with Crippen molar-refractivity contribution in [2.24, 2.45) is 0 Å². The molecular weight excluding hydrogens is 172 g/mol. The summed E-state index contributed by atoms with van der Waals surface area (Å²) >= 11 is 0. The molecule has 2 rings (SSSR count). The molecule has 1 aliphatic carbocycles. The summed E-state index contributed by atoms with van der Waals surface area (Å²) in [6.07, 6.45) is 4.17. The van der Waals surface area contributed by atoms with E-state index in [1.54, 1.807) is 0 Å². The van der Waals surface area contributed by atoms with Crippen LogP contribution in [0.3, 0.4) is 0 Å². The molecule has 0 aromatic rings. The highest BCUT2D eigenvalue weighted by Crippen LogP contribution is 2.22. The van der Waals surface area contributed by atoms with Crippen LogP contribution in [0.1, 0.15) is 25.7 Å². The lowest BCUT2D eigenvalue weighted by atomic mass is 10.3. The third kappa shape index (κ3) is 1.65. The molecule has 0 aromatic heterocycles. The van der Waals surface area contributed by atoms with Crippen molar-refractivity contribution in [2.75, 3.05) is 6.54 Å². The van der Waals surface area contributed by atoms with E-state index >= 15 is 0 Å². The molecule has 0 aromatic carbocycles. The zero-order valence-electron chi connectivity index (χ0n) is 7.28. The van der Waals surface area contributed by atoms with E-state index in [1.807, 2.05) is 0 Å². The van der Waals surface area contributed by atoms with E-state index in [2.05, 4.69) is 5.32 Å². The Hall–Kier alpha value is -1.10. The van der Waals surface area contributed by atoms with Gasteiger partial charge in [-0.3, -0.25) is 9.63 Å². The summed E-state index contributed by atoms with van der Waals surface area (Å²) in [5.74, 6) is -0.295. The fraction of sp³-hybridized carbons (Fsp3) is 0.750. The van der Waals surface area contributed by atoms with Crippen LogP contribution in [-0.4, -0.2) is 29.7 Å². The fourth-order valence-corrected chi connectivity index (χ4v) is 1.66. The fourth-order valence-electron chi connectivity index (χ4n) is 1.66. The Labute approximate surface area is 76.0 Å². The first-order valence-electron chi connectivity index (χ1n) is 4.55. The maximum absolute atomic E-state index is 11.1. The molecule has 0 atom stereocenters. The Bertz CT molecular complexity index is 220. The topological polar surface area (TPSA) is 58.6 Å². The number of nitrogens with one attached hydrogen (secondary N) is 1. The Morgan fingerprint density at radius 2 is 2.00 bits per heavy atom. The van der Waals surface area contributed by atoms with Crippen LogP contribution < -0.4 is 5.32 Å². The largest absolute Gasteiger partial charge is 0.349 e. The third-order valence-electron chi connectivity index (χ3n) is 2.36. The number of hydrogen-bond acceptors (Lipinski definition) is 3. The Kier molecular flexibility index (Phi) is 2.18. The zero-order chi connectivity index (χ0) is 9.26. The van der Waals surface area contributed by atoms with Crippen LogP contribution in [-0.2, 0) is 9.63 Å². The monoisotopic (exact) mass is 184 g/mol. The number of amides is 3. The second kappa shape index (κ2) is 3.33. The smallest absolute Gasteiger partial charge is 0.327 e. The van der Waals surface area contributed by atoms with Gasteiger partial charge >= 0.3 is 6.03 Å². The van der Waals surface area contributed by atoms with Crippen LogP contribution in [0, 0.1) is 0 Å². The maximum atomic E-state index is 11.1. The van der Waals surface area contributed by atoms with Gasteiger partial charge in [-0.2, -0.15) is 0 Å². The van der Waals surface area contributed by atoms with Gasteiger partial charge in [-0.1, -0.05) is 12.8 Å². The molecule has 1 saturated heterocycles. The average molecular weight is 184 g/mol. The normalized spacial score (nSPS) is 24.2. The number of hydrogen-bond donors (Lipinski definition) is 1. The maximum Gasteiger partial charge on any atom is 0.349 e. The van der Waals surface area contributed by atoms with Gasteiger partial charge in [-0.05, 0) is 12.8 Å². The van der Waals surface area contributed by atoms with Gasteiger partial charge in [0.25, 0.3) is 5.91 Å².